The van der Waals surface area contributed by atoms with Gasteiger partial charge in [-0.15, -0.1) is 0 Å². The third-order valence-electron chi connectivity index (χ3n) is 4.38. The molecule has 1 aromatic rings. The van der Waals surface area contributed by atoms with E-state index in [2.05, 4.69) is 17.5 Å². The largest absolute Gasteiger partial charge is 0.384 e. The average molecular weight is 360 g/mol. The van der Waals surface area contributed by atoms with Crippen LogP contribution in [-0.2, 0) is 4.79 Å². The van der Waals surface area contributed by atoms with Gasteiger partial charge in [-0.1, -0.05) is 17.7 Å². The number of halogens is 1. The number of anilines is 1. The molecule has 6 nitrogen and oxygen atoms in total. The van der Waals surface area contributed by atoms with E-state index in [1.807, 2.05) is 6.07 Å². The van der Waals surface area contributed by atoms with Crippen molar-refractivity contribution in [1.82, 2.24) is 4.90 Å². The van der Waals surface area contributed by atoms with Gasteiger partial charge in [0.05, 0.1) is 28.4 Å². The molecule has 132 valence electrons. The molecule has 3 N–H and O–H groups in total. The zero-order valence-corrected chi connectivity index (χ0v) is 14.8. The monoisotopic (exact) mass is 359 g/mol. The molecule has 25 heavy (non-hydrogen) atoms. The minimum absolute atomic E-state index is 0.126. The minimum Gasteiger partial charge on any atom is -0.384 e. The fourth-order valence-electron chi connectivity index (χ4n) is 3.00. The highest BCUT2D eigenvalue weighted by atomic mass is 35.5. The highest BCUT2D eigenvalue weighted by Crippen LogP contribution is 2.23. The Morgan fingerprint density at radius 2 is 2.24 bits per heavy atom. The summed E-state index contributed by atoms with van der Waals surface area (Å²) in [6.45, 7) is 1.29. The van der Waals surface area contributed by atoms with Gasteiger partial charge >= 0.3 is 0 Å². The number of benzene rings is 1. The molecular weight excluding hydrogens is 338 g/mol. The lowest BCUT2D eigenvalue weighted by atomic mass is 10.1. The molecule has 1 saturated heterocycles. The molecule has 1 heterocycles. The summed E-state index contributed by atoms with van der Waals surface area (Å²) < 4.78 is 0. The topological polar surface area (TPSA) is 106 Å². The molecule has 1 amide bonds. The van der Waals surface area contributed by atoms with Gasteiger partial charge in [0.2, 0.25) is 5.91 Å². The number of amides is 1. The number of hydrogen-bond donors (Lipinski definition) is 2. The van der Waals surface area contributed by atoms with E-state index in [0.717, 1.165) is 25.7 Å². The number of likely N-dealkylation sites (tertiary alicyclic amines) is 1. The van der Waals surface area contributed by atoms with Gasteiger partial charge in [0, 0.05) is 13.1 Å². The molecule has 0 unspecified atom stereocenters. The number of rotatable bonds is 7. The van der Waals surface area contributed by atoms with Gasteiger partial charge in [-0.05, 0) is 44.2 Å². The van der Waals surface area contributed by atoms with Crippen LogP contribution in [0, 0.1) is 22.7 Å². The Morgan fingerprint density at radius 3 is 2.96 bits per heavy atom. The molecule has 1 fully saturated rings. The summed E-state index contributed by atoms with van der Waals surface area (Å²) >= 11 is 5.99. The van der Waals surface area contributed by atoms with Gasteiger partial charge < -0.3 is 16.0 Å². The number of hydrogen-bond acceptors (Lipinski definition) is 5. The Morgan fingerprint density at radius 1 is 1.44 bits per heavy atom. The Hall–Kier alpha value is -2.28. The molecule has 2 rings (SSSR count). The summed E-state index contributed by atoms with van der Waals surface area (Å²) in [5.74, 6) is -0.126. The summed E-state index contributed by atoms with van der Waals surface area (Å²) in [4.78, 5) is 13.9. The van der Waals surface area contributed by atoms with Crippen molar-refractivity contribution in [2.24, 2.45) is 5.73 Å². The molecule has 1 aliphatic rings. The third kappa shape index (κ3) is 4.85. The molecule has 1 aromatic carbocycles. The number of carbonyl (C=O) groups is 1. The highest BCUT2D eigenvalue weighted by Gasteiger charge is 2.31. The van der Waals surface area contributed by atoms with Crippen LogP contribution in [-0.4, -0.2) is 36.0 Å². The van der Waals surface area contributed by atoms with Crippen LogP contribution < -0.4 is 11.1 Å². The summed E-state index contributed by atoms with van der Waals surface area (Å²) in [7, 11) is 0. The first-order valence-corrected chi connectivity index (χ1v) is 8.84. The van der Waals surface area contributed by atoms with Crippen molar-refractivity contribution < 1.29 is 4.79 Å². The van der Waals surface area contributed by atoms with Crippen LogP contribution in [0.5, 0.6) is 0 Å². The second-order valence-corrected chi connectivity index (χ2v) is 6.53. The van der Waals surface area contributed by atoms with Crippen LogP contribution in [0.25, 0.3) is 0 Å². The van der Waals surface area contributed by atoms with Crippen molar-refractivity contribution in [3.8, 4) is 12.1 Å². The average Bonchev–Trinajstić information content (AvgIpc) is 3.09. The van der Waals surface area contributed by atoms with Gasteiger partial charge in [-0.3, -0.25) is 4.79 Å². The van der Waals surface area contributed by atoms with Crippen molar-refractivity contribution in [2.75, 3.05) is 18.4 Å². The number of nitrogens with one attached hydrogen (secondary N) is 1. The molecule has 7 heteroatoms. The van der Waals surface area contributed by atoms with Crippen LogP contribution >= 0.6 is 11.6 Å². The Labute approximate surface area is 153 Å². The van der Waals surface area contributed by atoms with Crippen molar-refractivity contribution >= 4 is 23.2 Å². The number of carbonyl (C=O) groups excluding carboxylic acids is 1. The fourth-order valence-corrected chi connectivity index (χ4v) is 3.22. The van der Waals surface area contributed by atoms with Gasteiger partial charge in [0.1, 0.15) is 12.1 Å². The molecule has 1 aliphatic heterocycles. The summed E-state index contributed by atoms with van der Waals surface area (Å²) in [6, 6.07) is 8.65. The van der Waals surface area contributed by atoms with E-state index in [1.165, 1.54) is 0 Å². The molecule has 0 aromatic heterocycles. The smallest absolute Gasteiger partial charge is 0.240 e. The first-order valence-electron chi connectivity index (χ1n) is 8.46. The molecule has 0 aliphatic carbocycles. The highest BCUT2D eigenvalue weighted by molar-refractivity contribution is 6.32. The number of nitrogens with two attached hydrogens (primary N) is 1. The van der Waals surface area contributed by atoms with Gasteiger partial charge in [0.15, 0.2) is 0 Å². The number of nitriles is 2. The predicted octanol–water partition coefficient (Wildman–Crippen LogP) is 2.64. The lowest BCUT2D eigenvalue weighted by Crippen LogP contribution is -2.45. The van der Waals surface area contributed by atoms with Gasteiger partial charge in [-0.2, -0.15) is 10.5 Å². The first kappa shape index (κ1) is 19.1. The third-order valence-corrected chi connectivity index (χ3v) is 4.70. The van der Waals surface area contributed by atoms with E-state index >= 15 is 0 Å². The van der Waals surface area contributed by atoms with E-state index in [4.69, 9.17) is 27.9 Å². The van der Waals surface area contributed by atoms with E-state index in [-0.39, 0.29) is 11.9 Å². The molecular formula is C18H22ClN5O. The summed E-state index contributed by atoms with van der Waals surface area (Å²) in [5.41, 5.74) is 7.14. The lowest BCUT2D eigenvalue weighted by molar-refractivity contribution is -0.132. The summed E-state index contributed by atoms with van der Waals surface area (Å²) in [5, 5.41) is 21.8. The zero-order valence-electron chi connectivity index (χ0n) is 14.0. The fraction of sp³-hybridized carbons (Fsp3) is 0.500. The number of unbranched alkanes of at least 4 members (excludes halogenated alkanes) is 1. The summed E-state index contributed by atoms with van der Waals surface area (Å²) in [6.07, 6.45) is 3.78. The maximum atomic E-state index is 12.3. The molecule has 0 radical (unpaired) electrons. The number of nitrogens with zero attached hydrogens (tertiary/aromatic N) is 3. The van der Waals surface area contributed by atoms with Crippen LogP contribution in [0.4, 0.5) is 5.69 Å². The van der Waals surface area contributed by atoms with Crippen LogP contribution in [0.15, 0.2) is 18.2 Å². The quantitative estimate of drug-likeness (QED) is 0.728. The molecule has 0 bridgehead atoms. The van der Waals surface area contributed by atoms with E-state index < -0.39 is 6.04 Å². The maximum absolute atomic E-state index is 12.3. The molecule has 0 saturated carbocycles. The minimum atomic E-state index is -0.560. The van der Waals surface area contributed by atoms with E-state index in [9.17, 15) is 4.79 Å². The van der Waals surface area contributed by atoms with Gasteiger partial charge in [0.25, 0.3) is 0 Å². The van der Waals surface area contributed by atoms with Crippen molar-refractivity contribution in [2.45, 2.75) is 44.2 Å². The Kier molecular flexibility index (Phi) is 7.06. The molecule has 2 atom stereocenters. The van der Waals surface area contributed by atoms with Crippen molar-refractivity contribution in [3.05, 3.63) is 28.8 Å². The van der Waals surface area contributed by atoms with Crippen LogP contribution in [0.3, 0.4) is 0 Å². The predicted molar refractivity (Wildman–Crippen MR) is 96.8 cm³/mol. The van der Waals surface area contributed by atoms with Crippen LogP contribution in [0.1, 0.15) is 37.7 Å². The van der Waals surface area contributed by atoms with Crippen molar-refractivity contribution in [3.63, 3.8) is 0 Å². The molecule has 0 spiro atoms. The first-order chi connectivity index (χ1) is 12.1. The Bertz CT molecular complexity index is 694. The Balaban J connectivity index is 1.73. The lowest BCUT2D eigenvalue weighted by Gasteiger charge is -2.23. The van der Waals surface area contributed by atoms with E-state index in [0.29, 0.717) is 35.8 Å². The van der Waals surface area contributed by atoms with Crippen molar-refractivity contribution in [1.29, 1.82) is 10.5 Å². The standard InChI is InChI=1S/C18H22ClN5O/c19-15-6-3-8-17(14(15)12-21)23-9-2-1-7-16(22)18(25)24-10-4-5-13(24)11-20/h3,6,8,13,16,23H,1-2,4-5,7,9-10,22H2/t13-,16-/m0/s1. The SMILES string of the molecule is N#Cc1c(Cl)cccc1NCCCC[C@H](N)C(=O)N1CCC[C@H]1C#N. The van der Waals surface area contributed by atoms with Crippen LogP contribution in [0.2, 0.25) is 5.02 Å². The maximum Gasteiger partial charge on any atom is 0.240 e. The second kappa shape index (κ2) is 9.27. The zero-order chi connectivity index (χ0) is 18.2. The normalized spacial score (nSPS) is 17.6. The second-order valence-electron chi connectivity index (χ2n) is 6.12. The van der Waals surface area contributed by atoms with Gasteiger partial charge in [-0.25, -0.2) is 0 Å². The van der Waals surface area contributed by atoms with E-state index in [1.54, 1.807) is 17.0 Å².